The van der Waals surface area contributed by atoms with Crippen molar-refractivity contribution in [2.75, 3.05) is 18.5 Å². The fraction of sp³-hybridized carbons (Fsp3) is 0.211. The van der Waals surface area contributed by atoms with E-state index in [0.29, 0.717) is 40.9 Å². The van der Waals surface area contributed by atoms with Crippen LogP contribution in [0, 0.1) is 5.53 Å². The van der Waals surface area contributed by atoms with E-state index in [1.165, 1.54) is 0 Å². The predicted molar refractivity (Wildman–Crippen MR) is 110 cm³/mol. The van der Waals surface area contributed by atoms with Crippen molar-refractivity contribution in [1.29, 1.82) is 5.53 Å². The maximum absolute atomic E-state index is 12.1. The van der Waals surface area contributed by atoms with Gasteiger partial charge in [-0.2, -0.15) is 0 Å². The van der Waals surface area contributed by atoms with E-state index in [2.05, 4.69) is 9.69 Å². The number of benzene rings is 2. The van der Waals surface area contributed by atoms with E-state index < -0.39 is 0 Å². The number of aromatic nitrogens is 1. The predicted octanol–water partition coefficient (Wildman–Crippen LogP) is 5.07. The number of hydrogen-bond donors (Lipinski definition) is 4. The summed E-state index contributed by atoms with van der Waals surface area (Å²) in [6.45, 7) is 0.437. The number of rotatable bonds is 9. The summed E-state index contributed by atoms with van der Waals surface area (Å²) in [7, 11) is 0. The molecule has 0 aliphatic rings. The SMILES string of the molecule is N=[N+](CCCCO)c1c(Nc2ccc(Oc3ccc(Cl)cc3)cc2)s[nH]c1=O. The molecule has 1 aromatic heterocycles. The third-order valence-electron chi connectivity index (χ3n) is 3.90. The van der Waals surface area contributed by atoms with Gasteiger partial charge in [0.1, 0.15) is 11.5 Å². The highest BCUT2D eigenvalue weighted by Gasteiger charge is 2.23. The second-order valence-corrected chi connectivity index (χ2v) is 7.25. The van der Waals surface area contributed by atoms with Gasteiger partial charge in [-0.3, -0.25) is 9.17 Å². The molecule has 0 saturated carbocycles. The Kier molecular flexibility index (Phi) is 6.80. The third kappa shape index (κ3) is 5.19. The largest absolute Gasteiger partial charge is 0.457 e. The summed E-state index contributed by atoms with van der Waals surface area (Å²) >= 11 is 7.01. The van der Waals surface area contributed by atoms with Crippen LogP contribution in [0.15, 0.2) is 53.3 Å². The van der Waals surface area contributed by atoms with Crippen molar-refractivity contribution in [3.05, 3.63) is 63.9 Å². The summed E-state index contributed by atoms with van der Waals surface area (Å²) in [6, 6.07) is 14.4. The van der Waals surface area contributed by atoms with Gasteiger partial charge in [-0.25, -0.2) is 0 Å². The molecule has 2 aromatic carbocycles. The molecule has 9 heteroatoms. The van der Waals surface area contributed by atoms with Crippen LogP contribution in [0.3, 0.4) is 0 Å². The normalized spacial score (nSPS) is 10.6. The zero-order valence-corrected chi connectivity index (χ0v) is 16.5. The molecule has 0 fully saturated rings. The maximum atomic E-state index is 12.1. The van der Waals surface area contributed by atoms with Crippen LogP contribution in [0.2, 0.25) is 5.02 Å². The fourth-order valence-corrected chi connectivity index (χ4v) is 3.38. The number of aliphatic hydroxyl groups excluding tert-OH is 1. The molecule has 4 N–H and O–H groups in total. The molecule has 146 valence electrons. The highest BCUT2D eigenvalue weighted by Crippen LogP contribution is 2.30. The monoisotopic (exact) mass is 419 g/mol. The first-order chi connectivity index (χ1) is 13.6. The zero-order chi connectivity index (χ0) is 19.9. The highest BCUT2D eigenvalue weighted by atomic mass is 35.5. The first-order valence-electron chi connectivity index (χ1n) is 8.68. The van der Waals surface area contributed by atoms with Gasteiger partial charge in [0.15, 0.2) is 11.5 Å². The van der Waals surface area contributed by atoms with Crippen molar-refractivity contribution in [3.63, 3.8) is 0 Å². The minimum Gasteiger partial charge on any atom is -0.457 e. The molecule has 0 saturated heterocycles. The Balaban J connectivity index is 1.68. The van der Waals surface area contributed by atoms with Gasteiger partial charge in [-0.15, -0.1) is 0 Å². The molecular formula is C19H20ClN4O3S+. The zero-order valence-electron chi connectivity index (χ0n) is 14.9. The summed E-state index contributed by atoms with van der Waals surface area (Å²) < 4.78 is 9.57. The number of H-pyrrole nitrogens is 1. The second-order valence-electron chi connectivity index (χ2n) is 6.00. The standard InChI is InChI=1S/C19H19ClN4O3S/c20-13-3-7-15(8-4-13)27-16-9-5-14(6-10-16)22-19-17(18(26)23-28-19)24(21)11-1-2-12-25/h3-10,25H,1-2,11-12H2,(H2-,21,22,23,26)/p+1. The summed E-state index contributed by atoms with van der Waals surface area (Å²) in [5.74, 6) is 1.35. The Labute approximate surface area is 170 Å². The van der Waals surface area contributed by atoms with E-state index in [4.69, 9.17) is 27.0 Å². The van der Waals surface area contributed by atoms with Crippen LogP contribution in [0.5, 0.6) is 11.5 Å². The smallest absolute Gasteiger partial charge is 0.334 e. The maximum Gasteiger partial charge on any atom is 0.334 e. The van der Waals surface area contributed by atoms with Crippen molar-refractivity contribution in [2.24, 2.45) is 0 Å². The molecule has 3 aromatic rings. The van der Waals surface area contributed by atoms with Gasteiger partial charge in [0.2, 0.25) is 0 Å². The lowest BCUT2D eigenvalue weighted by Gasteiger charge is -2.08. The lowest BCUT2D eigenvalue weighted by Crippen LogP contribution is -2.12. The molecule has 3 rings (SSSR count). The minimum absolute atomic E-state index is 0.0728. The van der Waals surface area contributed by atoms with Gasteiger partial charge in [-0.1, -0.05) is 21.8 Å². The summed E-state index contributed by atoms with van der Waals surface area (Å²) in [5.41, 5.74) is 8.82. The van der Waals surface area contributed by atoms with Crippen LogP contribution < -0.4 is 15.6 Å². The number of hydrogen-bond acceptors (Lipinski definition) is 6. The molecule has 7 nitrogen and oxygen atoms in total. The third-order valence-corrected chi connectivity index (χ3v) is 4.94. The first kappa shape index (κ1) is 20.1. The van der Waals surface area contributed by atoms with E-state index in [1.54, 1.807) is 24.3 Å². The molecule has 0 atom stereocenters. The molecule has 0 amide bonds. The van der Waals surface area contributed by atoms with Gasteiger partial charge in [0, 0.05) is 23.7 Å². The topological polar surface area (TPSA) is 101 Å². The van der Waals surface area contributed by atoms with E-state index >= 15 is 0 Å². The van der Waals surface area contributed by atoms with Gasteiger partial charge in [-0.05, 0) is 66.5 Å². The van der Waals surface area contributed by atoms with Crippen LogP contribution in [-0.4, -0.2) is 27.3 Å². The molecule has 0 bridgehead atoms. The van der Waals surface area contributed by atoms with Crippen LogP contribution >= 0.6 is 23.1 Å². The number of aliphatic hydroxyl groups is 1. The van der Waals surface area contributed by atoms with Crippen LogP contribution in [-0.2, 0) is 0 Å². The fourth-order valence-electron chi connectivity index (χ4n) is 2.50. The average Bonchev–Trinajstić information content (AvgIpc) is 3.05. The minimum atomic E-state index is -0.311. The number of aromatic amines is 1. The van der Waals surface area contributed by atoms with Gasteiger partial charge < -0.3 is 15.2 Å². The van der Waals surface area contributed by atoms with Crippen molar-refractivity contribution < 1.29 is 14.5 Å². The van der Waals surface area contributed by atoms with Crippen molar-refractivity contribution in [1.82, 2.24) is 4.37 Å². The highest BCUT2D eigenvalue weighted by molar-refractivity contribution is 7.10. The second kappa shape index (κ2) is 9.50. The number of nitrogens with zero attached hydrogens (tertiary/aromatic N) is 1. The van der Waals surface area contributed by atoms with E-state index in [0.717, 1.165) is 21.9 Å². The summed E-state index contributed by atoms with van der Waals surface area (Å²) in [6.07, 6.45) is 1.22. The number of halogens is 1. The number of ether oxygens (including phenoxy) is 1. The first-order valence-corrected chi connectivity index (χ1v) is 9.88. The molecule has 0 aliphatic heterocycles. The van der Waals surface area contributed by atoms with Crippen LogP contribution in [0.25, 0.3) is 0 Å². The lowest BCUT2D eigenvalue weighted by atomic mass is 10.3. The van der Waals surface area contributed by atoms with Crippen LogP contribution in [0.1, 0.15) is 12.8 Å². The Morgan fingerprint density at radius 3 is 2.39 bits per heavy atom. The number of nitrogens with one attached hydrogen (secondary N) is 3. The van der Waals surface area contributed by atoms with E-state index in [1.807, 2.05) is 24.3 Å². The Morgan fingerprint density at radius 1 is 1.11 bits per heavy atom. The van der Waals surface area contributed by atoms with Gasteiger partial charge in [0.05, 0.1) is 0 Å². The van der Waals surface area contributed by atoms with Gasteiger partial charge >= 0.3 is 11.2 Å². The molecule has 0 aliphatic carbocycles. The van der Waals surface area contributed by atoms with Crippen molar-refractivity contribution >= 4 is 39.5 Å². The molecule has 0 spiro atoms. The van der Waals surface area contributed by atoms with Crippen LogP contribution in [0.4, 0.5) is 16.4 Å². The summed E-state index contributed by atoms with van der Waals surface area (Å²) in [4.78, 5) is 12.1. The Morgan fingerprint density at radius 2 is 1.75 bits per heavy atom. The number of anilines is 2. The quantitative estimate of drug-likeness (QED) is 0.221. The molecule has 0 unspecified atom stereocenters. The van der Waals surface area contributed by atoms with Gasteiger partial charge in [0.25, 0.3) is 0 Å². The summed E-state index contributed by atoms with van der Waals surface area (Å²) in [5, 5.41) is 13.2. The lowest BCUT2D eigenvalue weighted by molar-refractivity contribution is -0.536. The Hall–Kier alpha value is -2.68. The number of unbranched alkanes of at least 4 members (excludes halogenated alkanes) is 1. The van der Waals surface area contributed by atoms with E-state index in [-0.39, 0.29) is 17.9 Å². The van der Waals surface area contributed by atoms with Crippen molar-refractivity contribution in [2.45, 2.75) is 12.8 Å². The molecule has 0 radical (unpaired) electrons. The van der Waals surface area contributed by atoms with Crippen molar-refractivity contribution in [3.8, 4) is 11.5 Å². The average molecular weight is 420 g/mol. The Bertz CT molecular complexity index is 984. The van der Waals surface area contributed by atoms with E-state index in [9.17, 15) is 4.79 Å². The molecule has 1 heterocycles. The molecule has 28 heavy (non-hydrogen) atoms. The molecular weight excluding hydrogens is 400 g/mol.